The maximum atomic E-state index is 2.40. The van der Waals surface area contributed by atoms with Gasteiger partial charge in [0.05, 0.1) is 0 Å². The van der Waals surface area contributed by atoms with Crippen molar-refractivity contribution in [3.63, 3.8) is 0 Å². The summed E-state index contributed by atoms with van der Waals surface area (Å²) in [6.07, 6.45) is 5.85. The van der Waals surface area contributed by atoms with E-state index in [4.69, 9.17) is 0 Å². The molecule has 66 valence electrons. The molecule has 0 spiro atoms. The van der Waals surface area contributed by atoms with Crippen molar-refractivity contribution in [2.45, 2.75) is 53.4 Å². The van der Waals surface area contributed by atoms with E-state index in [2.05, 4.69) is 27.7 Å². The Hall–Kier alpha value is 0. The molecule has 1 fully saturated rings. The third-order valence-electron chi connectivity index (χ3n) is 3.16. The molecule has 0 aromatic heterocycles. The molecule has 0 N–H and O–H groups in total. The van der Waals surface area contributed by atoms with Gasteiger partial charge in [0.25, 0.3) is 0 Å². The minimum Gasteiger partial charge on any atom is -0.0625 e. The Labute approximate surface area is 71.4 Å². The second-order valence-electron chi connectivity index (χ2n) is 5.33. The molecule has 1 unspecified atom stereocenters. The smallest absolute Gasteiger partial charge is 0.0354 e. The number of hydrogen-bond donors (Lipinski definition) is 0. The van der Waals surface area contributed by atoms with Gasteiger partial charge in [-0.25, -0.2) is 0 Å². The van der Waals surface area contributed by atoms with Gasteiger partial charge in [-0.1, -0.05) is 40.5 Å². The summed E-state index contributed by atoms with van der Waals surface area (Å²) < 4.78 is 0. The summed E-state index contributed by atoms with van der Waals surface area (Å²) >= 11 is 0. The molecular formula is C11H22. The van der Waals surface area contributed by atoms with Crippen LogP contribution in [0.15, 0.2) is 0 Å². The highest BCUT2D eigenvalue weighted by molar-refractivity contribution is 4.79. The van der Waals surface area contributed by atoms with E-state index in [9.17, 15) is 0 Å². The normalized spacial score (nSPS) is 33.8. The Kier molecular flexibility index (Phi) is 2.61. The van der Waals surface area contributed by atoms with E-state index in [0.717, 1.165) is 11.8 Å². The fourth-order valence-electron chi connectivity index (χ4n) is 2.22. The molecule has 1 rings (SSSR count). The van der Waals surface area contributed by atoms with Gasteiger partial charge in [0.1, 0.15) is 0 Å². The lowest BCUT2D eigenvalue weighted by Gasteiger charge is -2.36. The molecule has 0 heteroatoms. The van der Waals surface area contributed by atoms with E-state index in [0.29, 0.717) is 5.41 Å². The lowest BCUT2D eigenvalue weighted by molar-refractivity contribution is 0.148. The van der Waals surface area contributed by atoms with Crippen LogP contribution in [0.2, 0.25) is 0 Å². The van der Waals surface area contributed by atoms with Crippen molar-refractivity contribution in [2.75, 3.05) is 0 Å². The summed E-state index contributed by atoms with van der Waals surface area (Å²) in [6, 6.07) is 0. The first kappa shape index (κ1) is 9.09. The van der Waals surface area contributed by atoms with Crippen molar-refractivity contribution < 1.29 is 0 Å². The highest BCUT2D eigenvalue weighted by Gasteiger charge is 2.28. The first-order valence-electron chi connectivity index (χ1n) is 5.00. The summed E-state index contributed by atoms with van der Waals surface area (Å²) in [5.41, 5.74) is 0.550. The summed E-state index contributed by atoms with van der Waals surface area (Å²) in [6.45, 7) is 9.55. The average Bonchev–Trinajstić information content (AvgIpc) is 1.86. The third-order valence-corrected chi connectivity index (χ3v) is 3.16. The molecule has 0 saturated heterocycles. The van der Waals surface area contributed by atoms with Crippen LogP contribution in [-0.2, 0) is 0 Å². The Morgan fingerprint density at radius 2 is 1.73 bits per heavy atom. The van der Waals surface area contributed by atoms with E-state index in [1.807, 2.05) is 0 Å². The minimum absolute atomic E-state index is 0.550. The fourth-order valence-corrected chi connectivity index (χ4v) is 2.22. The van der Waals surface area contributed by atoms with E-state index < -0.39 is 0 Å². The molecule has 0 aromatic carbocycles. The zero-order valence-electron chi connectivity index (χ0n) is 8.48. The van der Waals surface area contributed by atoms with Gasteiger partial charge in [0.2, 0.25) is 0 Å². The van der Waals surface area contributed by atoms with E-state index >= 15 is 0 Å². The first-order chi connectivity index (χ1) is 5.00. The molecule has 11 heavy (non-hydrogen) atoms. The molecular weight excluding hydrogens is 132 g/mol. The van der Waals surface area contributed by atoms with Crippen LogP contribution in [0.1, 0.15) is 53.4 Å². The Morgan fingerprint density at radius 1 is 1.09 bits per heavy atom. The van der Waals surface area contributed by atoms with Crippen molar-refractivity contribution >= 4 is 0 Å². The zero-order valence-corrected chi connectivity index (χ0v) is 8.48. The highest BCUT2D eigenvalue weighted by Crippen LogP contribution is 2.39. The van der Waals surface area contributed by atoms with Gasteiger partial charge >= 0.3 is 0 Å². The van der Waals surface area contributed by atoms with Crippen molar-refractivity contribution in [3.8, 4) is 0 Å². The van der Waals surface area contributed by atoms with Crippen LogP contribution in [0.25, 0.3) is 0 Å². The van der Waals surface area contributed by atoms with Crippen molar-refractivity contribution in [2.24, 2.45) is 17.3 Å². The van der Waals surface area contributed by atoms with Gasteiger partial charge in [0.15, 0.2) is 0 Å². The number of hydrogen-bond acceptors (Lipinski definition) is 0. The van der Waals surface area contributed by atoms with Gasteiger partial charge in [0, 0.05) is 0 Å². The van der Waals surface area contributed by atoms with Gasteiger partial charge in [-0.05, 0) is 30.1 Å². The quantitative estimate of drug-likeness (QED) is 0.497. The molecule has 0 heterocycles. The summed E-state index contributed by atoms with van der Waals surface area (Å²) in [5.74, 6) is 1.96. The van der Waals surface area contributed by atoms with E-state index in [1.165, 1.54) is 25.7 Å². The largest absolute Gasteiger partial charge is 0.0625 e. The van der Waals surface area contributed by atoms with Crippen LogP contribution in [0.3, 0.4) is 0 Å². The molecule has 1 aliphatic carbocycles. The first-order valence-corrected chi connectivity index (χ1v) is 5.00. The standard InChI is InChI=1S/C11H22/c1-9-6-5-7-10(8-9)11(2,3)4/h9-10H,5-8H2,1-4H3/t9-,10?/m1/s1. The van der Waals surface area contributed by atoms with Gasteiger partial charge in [-0.3, -0.25) is 0 Å². The van der Waals surface area contributed by atoms with Crippen LogP contribution in [0, 0.1) is 17.3 Å². The molecule has 0 nitrogen and oxygen atoms in total. The van der Waals surface area contributed by atoms with Crippen LogP contribution in [-0.4, -0.2) is 0 Å². The Bertz CT molecular complexity index is 118. The number of rotatable bonds is 0. The maximum Gasteiger partial charge on any atom is -0.0354 e. The molecule has 1 aliphatic rings. The van der Waals surface area contributed by atoms with Crippen molar-refractivity contribution in [3.05, 3.63) is 0 Å². The molecule has 0 aliphatic heterocycles. The van der Waals surface area contributed by atoms with Crippen LogP contribution >= 0.6 is 0 Å². The fraction of sp³-hybridized carbons (Fsp3) is 1.00. The summed E-state index contributed by atoms with van der Waals surface area (Å²) in [7, 11) is 0. The predicted molar refractivity (Wildman–Crippen MR) is 50.6 cm³/mol. The van der Waals surface area contributed by atoms with E-state index in [1.54, 1.807) is 0 Å². The zero-order chi connectivity index (χ0) is 8.48. The van der Waals surface area contributed by atoms with E-state index in [-0.39, 0.29) is 0 Å². The van der Waals surface area contributed by atoms with Gasteiger partial charge < -0.3 is 0 Å². The van der Waals surface area contributed by atoms with Crippen molar-refractivity contribution in [1.82, 2.24) is 0 Å². The van der Waals surface area contributed by atoms with Crippen LogP contribution < -0.4 is 0 Å². The molecule has 1 saturated carbocycles. The molecule has 0 radical (unpaired) electrons. The lowest BCUT2D eigenvalue weighted by Crippen LogP contribution is -2.25. The Balaban J connectivity index is 2.46. The third kappa shape index (κ3) is 2.50. The monoisotopic (exact) mass is 154 g/mol. The average molecular weight is 154 g/mol. The Morgan fingerprint density at radius 3 is 2.09 bits per heavy atom. The summed E-state index contributed by atoms with van der Waals surface area (Å²) in [4.78, 5) is 0. The second kappa shape index (κ2) is 3.16. The summed E-state index contributed by atoms with van der Waals surface area (Å²) in [5, 5.41) is 0. The predicted octanol–water partition coefficient (Wildman–Crippen LogP) is 3.86. The molecule has 0 bridgehead atoms. The lowest BCUT2D eigenvalue weighted by atomic mass is 9.69. The topological polar surface area (TPSA) is 0 Å². The highest BCUT2D eigenvalue weighted by atomic mass is 14.3. The maximum absolute atomic E-state index is 2.40. The van der Waals surface area contributed by atoms with Crippen molar-refractivity contribution in [1.29, 1.82) is 0 Å². The minimum atomic E-state index is 0.550. The van der Waals surface area contributed by atoms with Crippen LogP contribution in [0.5, 0.6) is 0 Å². The van der Waals surface area contributed by atoms with Crippen LogP contribution in [0.4, 0.5) is 0 Å². The van der Waals surface area contributed by atoms with Gasteiger partial charge in [-0.15, -0.1) is 0 Å². The molecule has 0 amide bonds. The second-order valence-corrected chi connectivity index (χ2v) is 5.33. The molecule has 0 aromatic rings. The SMILES string of the molecule is C[C@@H]1CCCC(C(C)(C)C)C1. The van der Waals surface area contributed by atoms with Gasteiger partial charge in [-0.2, -0.15) is 0 Å². The molecule has 2 atom stereocenters.